The van der Waals surface area contributed by atoms with Gasteiger partial charge in [-0.3, -0.25) is 10.1 Å². The van der Waals surface area contributed by atoms with E-state index in [1.165, 1.54) is 25.0 Å². The molecule has 0 aliphatic carbocycles. The standard InChI is InChI=1S/C13H16N4O2/c14-9-10-8-12(17(18)19)3-4-13(10)16-7-5-11-2-1-6-15-11/h3-4,8,11,15-16H,1-2,5-7H2/t11-/m0/s1. The molecule has 0 radical (unpaired) electrons. The molecule has 19 heavy (non-hydrogen) atoms. The fourth-order valence-electron chi connectivity index (χ4n) is 2.28. The van der Waals surface area contributed by atoms with E-state index in [0.29, 0.717) is 17.3 Å². The maximum atomic E-state index is 10.6. The Hall–Kier alpha value is -2.13. The highest BCUT2D eigenvalue weighted by Gasteiger charge is 2.14. The molecular formula is C13H16N4O2. The molecule has 2 N–H and O–H groups in total. The molecule has 0 saturated carbocycles. The molecule has 1 heterocycles. The molecule has 0 bridgehead atoms. The highest BCUT2D eigenvalue weighted by Crippen LogP contribution is 2.21. The largest absolute Gasteiger partial charge is 0.384 e. The summed E-state index contributed by atoms with van der Waals surface area (Å²) in [5.74, 6) is 0. The van der Waals surface area contributed by atoms with E-state index < -0.39 is 4.92 Å². The van der Waals surface area contributed by atoms with Crippen molar-refractivity contribution in [3.8, 4) is 6.07 Å². The van der Waals surface area contributed by atoms with Crippen molar-refractivity contribution >= 4 is 11.4 Å². The fraction of sp³-hybridized carbons (Fsp3) is 0.462. The van der Waals surface area contributed by atoms with Crippen molar-refractivity contribution in [1.29, 1.82) is 5.26 Å². The third kappa shape index (κ3) is 3.42. The number of nitro groups is 1. The lowest BCUT2D eigenvalue weighted by atomic mass is 10.1. The number of anilines is 1. The Morgan fingerprint density at radius 1 is 1.58 bits per heavy atom. The van der Waals surface area contributed by atoms with Crippen LogP contribution in [-0.4, -0.2) is 24.1 Å². The number of hydrogen-bond acceptors (Lipinski definition) is 5. The van der Waals surface area contributed by atoms with Crippen LogP contribution in [0.4, 0.5) is 11.4 Å². The second-order valence-electron chi connectivity index (χ2n) is 4.61. The third-order valence-electron chi connectivity index (χ3n) is 3.31. The molecule has 1 fully saturated rings. The molecule has 1 saturated heterocycles. The van der Waals surface area contributed by atoms with Crippen LogP contribution in [0.1, 0.15) is 24.8 Å². The van der Waals surface area contributed by atoms with Gasteiger partial charge in [-0.25, -0.2) is 0 Å². The van der Waals surface area contributed by atoms with Gasteiger partial charge < -0.3 is 10.6 Å². The summed E-state index contributed by atoms with van der Waals surface area (Å²) < 4.78 is 0. The molecular weight excluding hydrogens is 244 g/mol. The summed E-state index contributed by atoms with van der Waals surface area (Å²) in [6, 6.07) is 6.84. The monoisotopic (exact) mass is 260 g/mol. The fourth-order valence-corrected chi connectivity index (χ4v) is 2.28. The lowest BCUT2D eigenvalue weighted by Crippen LogP contribution is -2.24. The van der Waals surface area contributed by atoms with Gasteiger partial charge in [-0.15, -0.1) is 0 Å². The third-order valence-corrected chi connectivity index (χ3v) is 3.31. The zero-order valence-electron chi connectivity index (χ0n) is 10.6. The first-order valence-corrected chi connectivity index (χ1v) is 6.36. The first kappa shape index (κ1) is 13.3. The highest BCUT2D eigenvalue weighted by molar-refractivity contribution is 5.61. The summed E-state index contributed by atoms with van der Waals surface area (Å²) >= 11 is 0. The molecule has 1 aliphatic rings. The molecule has 2 rings (SSSR count). The summed E-state index contributed by atoms with van der Waals surface area (Å²) in [6.45, 7) is 1.83. The topological polar surface area (TPSA) is 91.0 Å². The number of nitrogens with zero attached hydrogens (tertiary/aromatic N) is 2. The first-order chi connectivity index (χ1) is 9.20. The molecule has 100 valence electrons. The quantitative estimate of drug-likeness (QED) is 0.624. The molecule has 6 nitrogen and oxygen atoms in total. The van der Waals surface area contributed by atoms with E-state index >= 15 is 0 Å². The minimum absolute atomic E-state index is 0.0560. The summed E-state index contributed by atoms with van der Waals surface area (Å²) in [7, 11) is 0. The van der Waals surface area contributed by atoms with E-state index in [1.54, 1.807) is 6.07 Å². The van der Waals surface area contributed by atoms with Gasteiger partial charge in [0.15, 0.2) is 0 Å². The van der Waals surface area contributed by atoms with Gasteiger partial charge in [0.2, 0.25) is 0 Å². The maximum Gasteiger partial charge on any atom is 0.270 e. The first-order valence-electron chi connectivity index (χ1n) is 6.36. The van der Waals surface area contributed by atoms with Gasteiger partial charge in [-0.2, -0.15) is 5.26 Å². The molecule has 0 unspecified atom stereocenters. The van der Waals surface area contributed by atoms with Crippen LogP contribution in [0.3, 0.4) is 0 Å². The number of nitro benzene ring substituents is 1. The van der Waals surface area contributed by atoms with E-state index in [0.717, 1.165) is 19.5 Å². The van der Waals surface area contributed by atoms with Crippen LogP contribution in [0.15, 0.2) is 18.2 Å². The Balaban J connectivity index is 1.95. The number of benzene rings is 1. The van der Waals surface area contributed by atoms with Crippen molar-refractivity contribution in [2.45, 2.75) is 25.3 Å². The smallest absolute Gasteiger partial charge is 0.270 e. The average Bonchev–Trinajstić information content (AvgIpc) is 2.92. The van der Waals surface area contributed by atoms with Crippen LogP contribution < -0.4 is 10.6 Å². The molecule has 1 aliphatic heterocycles. The molecule has 1 aromatic carbocycles. The normalized spacial score (nSPS) is 17.9. The van der Waals surface area contributed by atoms with Crippen molar-refractivity contribution in [2.75, 3.05) is 18.4 Å². The zero-order valence-corrected chi connectivity index (χ0v) is 10.6. The van der Waals surface area contributed by atoms with Gasteiger partial charge in [0.1, 0.15) is 6.07 Å². The minimum atomic E-state index is -0.493. The van der Waals surface area contributed by atoms with Crippen LogP contribution in [0.2, 0.25) is 0 Å². The summed E-state index contributed by atoms with van der Waals surface area (Å²) in [4.78, 5) is 10.1. The highest BCUT2D eigenvalue weighted by atomic mass is 16.6. The van der Waals surface area contributed by atoms with Gasteiger partial charge in [-0.05, 0) is 31.9 Å². The van der Waals surface area contributed by atoms with Crippen molar-refractivity contribution in [1.82, 2.24) is 5.32 Å². The second-order valence-corrected chi connectivity index (χ2v) is 4.61. The lowest BCUT2D eigenvalue weighted by Gasteiger charge is -2.12. The number of rotatable bonds is 5. The van der Waals surface area contributed by atoms with Crippen molar-refractivity contribution in [2.24, 2.45) is 0 Å². The predicted octanol–water partition coefficient (Wildman–Crippen LogP) is 2.02. The Bertz CT molecular complexity index is 504. The Kier molecular flexibility index (Phi) is 4.31. The van der Waals surface area contributed by atoms with E-state index in [-0.39, 0.29) is 5.69 Å². The summed E-state index contributed by atoms with van der Waals surface area (Å²) in [5.41, 5.74) is 0.916. The molecule has 0 aromatic heterocycles. The average molecular weight is 260 g/mol. The second kappa shape index (κ2) is 6.16. The summed E-state index contributed by atoms with van der Waals surface area (Å²) in [6.07, 6.45) is 3.39. The molecule has 1 aromatic rings. The predicted molar refractivity (Wildman–Crippen MR) is 71.9 cm³/mol. The van der Waals surface area contributed by atoms with Gasteiger partial charge in [-0.1, -0.05) is 0 Å². The Morgan fingerprint density at radius 3 is 3.05 bits per heavy atom. The van der Waals surface area contributed by atoms with E-state index in [9.17, 15) is 10.1 Å². The van der Waals surface area contributed by atoms with Crippen LogP contribution in [0.25, 0.3) is 0 Å². The molecule has 0 spiro atoms. The van der Waals surface area contributed by atoms with E-state index in [4.69, 9.17) is 5.26 Å². The Morgan fingerprint density at radius 2 is 2.42 bits per heavy atom. The zero-order chi connectivity index (χ0) is 13.7. The lowest BCUT2D eigenvalue weighted by molar-refractivity contribution is -0.384. The maximum absolute atomic E-state index is 10.6. The molecule has 0 amide bonds. The molecule has 6 heteroatoms. The van der Waals surface area contributed by atoms with Crippen LogP contribution in [0.5, 0.6) is 0 Å². The summed E-state index contributed by atoms with van der Waals surface area (Å²) in [5, 5.41) is 26.2. The van der Waals surface area contributed by atoms with E-state index in [1.807, 2.05) is 6.07 Å². The number of nitriles is 1. The Labute approximate surface area is 111 Å². The van der Waals surface area contributed by atoms with Gasteiger partial charge in [0.05, 0.1) is 16.2 Å². The van der Waals surface area contributed by atoms with Crippen molar-refractivity contribution in [3.63, 3.8) is 0 Å². The SMILES string of the molecule is N#Cc1cc([N+](=O)[O-])ccc1NCC[C@@H]1CCCN1. The van der Waals surface area contributed by atoms with Crippen molar-refractivity contribution in [3.05, 3.63) is 33.9 Å². The van der Waals surface area contributed by atoms with Crippen molar-refractivity contribution < 1.29 is 4.92 Å². The van der Waals surface area contributed by atoms with Crippen LogP contribution >= 0.6 is 0 Å². The minimum Gasteiger partial charge on any atom is -0.384 e. The molecule has 1 atom stereocenters. The van der Waals surface area contributed by atoms with Crippen LogP contribution in [-0.2, 0) is 0 Å². The number of non-ortho nitro benzene ring substituents is 1. The van der Waals surface area contributed by atoms with Gasteiger partial charge in [0, 0.05) is 24.7 Å². The van der Waals surface area contributed by atoms with E-state index in [2.05, 4.69) is 10.6 Å². The van der Waals surface area contributed by atoms with Gasteiger partial charge >= 0.3 is 0 Å². The van der Waals surface area contributed by atoms with Gasteiger partial charge in [0.25, 0.3) is 5.69 Å². The number of nitrogens with one attached hydrogen (secondary N) is 2. The number of hydrogen-bond donors (Lipinski definition) is 2. The van der Waals surface area contributed by atoms with Crippen LogP contribution in [0, 0.1) is 21.4 Å².